The highest BCUT2D eigenvalue weighted by molar-refractivity contribution is 5.69. The fraction of sp³-hybridized carbons (Fsp3) is 0.480. The number of benzene rings is 1. The van der Waals surface area contributed by atoms with Crippen LogP contribution in [0.5, 0.6) is 0 Å². The van der Waals surface area contributed by atoms with Gasteiger partial charge in [0.2, 0.25) is 0 Å². The molecule has 0 amide bonds. The number of pyridine rings is 1. The molecule has 2 bridgehead atoms. The van der Waals surface area contributed by atoms with E-state index in [-0.39, 0.29) is 0 Å². The van der Waals surface area contributed by atoms with E-state index >= 15 is 0 Å². The van der Waals surface area contributed by atoms with Gasteiger partial charge < -0.3 is 10.0 Å². The van der Waals surface area contributed by atoms with Gasteiger partial charge in [0.15, 0.2) is 0 Å². The maximum atomic E-state index is 11.4. The molecule has 0 spiro atoms. The Morgan fingerprint density at radius 2 is 1.96 bits per heavy atom. The Kier molecular flexibility index (Phi) is 5.93. The molecule has 3 aliphatic carbocycles. The first-order chi connectivity index (χ1) is 13.6. The van der Waals surface area contributed by atoms with Gasteiger partial charge in [0, 0.05) is 24.9 Å². The lowest BCUT2D eigenvalue weighted by Gasteiger charge is -2.48. The zero-order valence-corrected chi connectivity index (χ0v) is 16.9. The molecule has 5 rings (SSSR count). The van der Waals surface area contributed by atoms with E-state index in [0.717, 1.165) is 45.2 Å². The molecule has 1 heterocycles. The third kappa shape index (κ3) is 4.37. The lowest BCUT2D eigenvalue weighted by Crippen LogP contribution is -2.48. The fourth-order valence-corrected chi connectivity index (χ4v) is 5.03. The summed E-state index contributed by atoms with van der Waals surface area (Å²) in [5.74, 6) is 0.810. The van der Waals surface area contributed by atoms with E-state index in [4.69, 9.17) is 0 Å². The quantitative estimate of drug-likeness (QED) is 0.732. The first kappa shape index (κ1) is 19.4. The van der Waals surface area contributed by atoms with E-state index in [9.17, 15) is 5.11 Å². The van der Waals surface area contributed by atoms with Crippen LogP contribution in [0.1, 0.15) is 43.2 Å². The number of aliphatic hydroxyl groups is 1. The number of nitrogens with zero attached hydrogens (tertiary/aromatic N) is 2. The van der Waals surface area contributed by atoms with Crippen LogP contribution in [-0.2, 0) is 6.42 Å². The van der Waals surface area contributed by atoms with Crippen molar-refractivity contribution >= 4 is 5.57 Å². The van der Waals surface area contributed by atoms with Crippen molar-refractivity contribution < 1.29 is 5.11 Å². The fourth-order valence-electron chi connectivity index (χ4n) is 5.03. The van der Waals surface area contributed by atoms with Gasteiger partial charge in [0.1, 0.15) is 0 Å². The number of aromatic nitrogens is 1. The minimum atomic E-state index is -0.529. The summed E-state index contributed by atoms with van der Waals surface area (Å²) in [6, 6.07) is 14.9. The topological polar surface area (TPSA) is 36.4 Å². The van der Waals surface area contributed by atoms with E-state index in [0.29, 0.717) is 11.8 Å². The van der Waals surface area contributed by atoms with Crippen LogP contribution >= 0.6 is 0 Å². The normalized spacial score (nSPS) is 26.5. The molecule has 1 aromatic carbocycles. The Hall–Kier alpha value is -1.97. The summed E-state index contributed by atoms with van der Waals surface area (Å²) < 4.78 is 0. The molecule has 1 aromatic heterocycles. The van der Waals surface area contributed by atoms with Crippen LogP contribution in [-0.4, -0.2) is 40.7 Å². The third-order valence-corrected chi connectivity index (χ3v) is 6.70. The molecule has 148 valence electrons. The SMILES string of the molecule is CN(CCCc1cccnc1)CC[C@]1(O)C[C@H]2CCC1C=C2c1ccccc1. The van der Waals surface area contributed by atoms with E-state index in [2.05, 4.69) is 59.4 Å². The molecular weight excluding hydrogens is 344 g/mol. The van der Waals surface area contributed by atoms with Gasteiger partial charge in [-0.3, -0.25) is 4.98 Å². The predicted molar refractivity (Wildman–Crippen MR) is 115 cm³/mol. The van der Waals surface area contributed by atoms with Crippen molar-refractivity contribution in [3.8, 4) is 0 Å². The molecule has 1 unspecified atom stereocenters. The third-order valence-electron chi connectivity index (χ3n) is 6.70. The second-order valence-electron chi connectivity index (χ2n) is 8.69. The standard InChI is InChI=1S/C25H32N2O/c1-27(15-6-8-20-7-5-14-26-19-20)16-13-25(28)18-22-11-12-23(25)17-24(22)21-9-3-2-4-10-21/h2-5,7,9-10,14,17,19,22-23,28H,6,8,11-13,15-16,18H2,1H3/t22-,23?,25+/m1/s1. The summed E-state index contributed by atoms with van der Waals surface area (Å²) in [6.45, 7) is 2.02. The number of rotatable bonds is 8. The van der Waals surface area contributed by atoms with E-state index < -0.39 is 5.60 Å². The average molecular weight is 377 g/mol. The van der Waals surface area contributed by atoms with Gasteiger partial charge in [0.25, 0.3) is 0 Å². The van der Waals surface area contributed by atoms with Gasteiger partial charge >= 0.3 is 0 Å². The van der Waals surface area contributed by atoms with Crippen LogP contribution < -0.4 is 0 Å². The molecule has 3 nitrogen and oxygen atoms in total. The highest BCUT2D eigenvalue weighted by Crippen LogP contribution is 2.51. The number of allylic oxidation sites excluding steroid dienone is 1. The summed E-state index contributed by atoms with van der Waals surface area (Å²) in [5.41, 5.74) is 3.58. The molecule has 1 N–H and O–H groups in total. The van der Waals surface area contributed by atoms with Crippen molar-refractivity contribution in [1.29, 1.82) is 0 Å². The second kappa shape index (κ2) is 8.59. The second-order valence-corrected chi connectivity index (χ2v) is 8.69. The Morgan fingerprint density at radius 3 is 2.68 bits per heavy atom. The van der Waals surface area contributed by atoms with Gasteiger partial charge in [-0.25, -0.2) is 0 Å². The van der Waals surface area contributed by atoms with Gasteiger partial charge in [-0.15, -0.1) is 0 Å². The summed E-state index contributed by atoms with van der Waals surface area (Å²) in [5, 5.41) is 11.4. The van der Waals surface area contributed by atoms with Crippen LogP contribution in [0.2, 0.25) is 0 Å². The van der Waals surface area contributed by atoms with Crippen molar-refractivity contribution in [2.45, 2.75) is 44.1 Å². The van der Waals surface area contributed by atoms with Crippen molar-refractivity contribution in [1.82, 2.24) is 9.88 Å². The summed E-state index contributed by atoms with van der Waals surface area (Å²) in [7, 11) is 2.18. The maximum Gasteiger partial charge on any atom is 0.0728 e. The molecule has 3 heteroatoms. The summed E-state index contributed by atoms with van der Waals surface area (Å²) in [4.78, 5) is 6.56. The monoisotopic (exact) mass is 376 g/mol. The Balaban J connectivity index is 1.30. The Bertz CT molecular complexity index is 789. The lowest BCUT2D eigenvalue weighted by atomic mass is 9.61. The van der Waals surface area contributed by atoms with Gasteiger partial charge in [-0.1, -0.05) is 42.5 Å². The first-order valence-corrected chi connectivity index (χ1v) is 10.7. The smallest absolute Gasteiger partial charge is 0.0728 e. The lowest BCUT2D eigenvalue weighted by molar-refractivity contribution is -0.0574. The molecule has 3 atom stereocenters. The van der Waals surface area contributed by atoms with Crippen molar-refractivity contribution in [2.75, 3.05) is 20.1 Å². The first-order valence-electron chi connectivity index (χ1n) is 10.7. The molecule has 1 saturated carbocycles. The van der Waals surface area contributed by atoms with E-state index in [1.165, 1.54) is 23.1 Å². The van der Waals surface area contributed by atoms with Crippen LogP contribution in [0.15, 0.2) is 60.9 Å². The molecule has 1 fully saturated rings. The number of hydrogen-bond acceptors (Lipinski definition) is 3. The molecular formula is C25H32N2O. The summed E-state index contributed by atoms with van der Waals surface area (Å²) >= 11 is 0. The Labute approximate surface area is 169 Å². The van der Waals surface area contributed by atoms with Crippen molar-refractivity contribution in [3.05, 3.63) is 72.1 Å². The van der Waals surface area contributed by atoms with Crippen LogP contribution in [0, 0.1) is 11.8 Å². The number of fused-ring (bicyclic) bond motifs is 2. The number of aryl methyl sites for hydroxylation is 1. The molecule has 0 saturated heterocycles. The number of hydrogen-bond donors (Lipinski definition) is 1. The van der Waals surface area contributed by atoms with Crippen LogP contribution in [0.25, 0.3) is 5.57 Å². The van der Waals surface area contributed by atoms with Crippen molar-refractivity contribution in [3.63, 3.8) is 0 Å². The van der Waals surface area contributed by atoms with Crippen molar-refractivity contribution in [2.24, 2.45) is 11.8 Å². The van der Waals surface area contributed by atoms with Gasteiger partial charge in [0.05, 0.1) is 5.60 Å². The summed E-state index contributed by atoms with van der Waals surface area (Å²) in [6.07, 6.45) is 12.5. The minimum Gasteiger partial charge on any atom is -0.389 e. The van der Waals surface area contributed by atoms with Crippen LogP contribution in [0.3, 0.4) is 0 Å². The molecule has 28 heavy (non-hydrogen) atoms. The highest BCUT2D eigenvalue weighted by Gasteiger charge is 2.46. The molecule has 0 radical (unpaired) electrons. The largest absolute Gasteiger partial charge is 0.389 e. The zero-order valence-electron chi connectivity index (χ0n) is 16.9. The predicted octanol–water partition coefficient (Wildman–Crippen LogP) is 4.58. The van der Waals surface area contributed by atoms with Gasteiger partial charge in [-0.2, -0.15) is 0 Å². The molecule has 0 aliphatic heterocycles. The van der Waals surface area contributed by atoms with E-state index in [1.54, 1.807) is 0 Å². The highest BCUT2D eigenvalue weighted by atomic mass is 16.3. The molecule has 2 aromatic rings. The van der Waals surface area contributed by atoms with E-state index in [1.807, 2.05) is 18.5 Å². The maximum absolute atomic E-state index is 11.4. The Morgan fingerprint density at radius 1 is 1.11 bits per heavy atom. The van der Waals surface area contributed by atoms with Crippen LogP contribution in [0.4, 0.5) is 0 Å². The minimum absolute atomic E-state index is 0.302. The molecule has 3 aliphatic rings. The zero-order chi connectivity index (χ0) is 19.4. The van der Waals surface area contributed by atoms with Gasteiger partial charge in [-0.05, 0) is 80.8 Å². The average Bonchev–Trinajstić information content (AvgIpc) is 2.74.